The van der Waals surface area contributed by atoms with Crippen molar-refractivity contribution >= 4 is 15.9 Å². The fourth-order valence-electron chi connectivity index (χ4n) is 6.48. The van der Waals surface area contributed by atoms with Crippen LogP contribution in [0.15, 0.2) is 54.6 Å². The van der Waals surface area contributed by atoms with Crippen LogP contribution < -0.4 is 5.48 Å². The van der Waals surface area contributed by atoms with E-state index >= 15 is 0 Å². The van der Waals surface area contributed by atoms with E-state index < -0.39 is 27.9 Å². The summed E-state index contributed by atoms with van der Waals surface area (Å²) in [5.74, 6) is -0.354. The molecule has 0 aromatic heterocycles. The molecule has 180 valence electrons. The van der Waals surface area contributed by atoms with Gasteiger partial charge in [-0.2, -0.15) is 5.48 Å². The predicted molar refractivity (Wildman–Crippen MR) is 129 cm³/mol. The van der Waals surface area contributed by atoms with Gasteiger partial charge >= 0.3 is 0 Å². The zero-order chi connectivity index (χ0) is 24.0. The monoisotopic (exact) mass is 472 g/mol. The molecular weight excluding hydrogens is 436 g/mol. The zero-order valence-electron chi connectivity index (χ0n) is 20.1. The van der Waals surface area contributed by atoms with Crippen molar-refractivity contribution in [2.24, 2.45) is 22.7 Å². The third kappa shape index (κ3) is 3.98. The molecule has 1 saturated heterocycles. The van der Waals surface area contributed by atoms with Crippen molar-refractivity contribution in [3.63, 3.8) is 0 Å². The average molecular weight is 473 g/mol. The summed E-state index contributed by atoms with van der Waals surface area (Å²) in [6.45, 7) is 12.4. The SMILES string of the molecule is C=C[C@@H](C=C(C)C)[C@H](NOCc1ccccc1)C(=O)N1[C@@H]2C[C@H]3CC[C@]2(CS1(=O)=O)C3(C)C. The fourth-order valence-corrected chi connectivity index (χ4v) is 9.05. The van der Waals surface area contributed by atoms with Crippen molar-refractivity contribution in [3.05, 3.63) is 60.2 Å². The van der Waals surface area contributed by atoms with E-state index in [1.807, 2.05) is 50.3 Å². The Hall–Kier alpha value is -1.96. The quantitative estimate of drug-likeness (QED) is 0.453. The number of hydroxylamine groups is 1. The van der Waals surface area contributed by atoms with Gasteiger partial charge in [-0.05, 0) is 50.0 Å². The number of amides is 1. The van der Waals surface area contributed by atoms with Crippen molar-refractivity contribution in [3.8, 4) is 0 Å². The lowest BCUT2D eigenvalue weighted by Gasteiger charge is -2.37. The van der Waals surface area contributed by atoms with Crippen LogP contribution in [0.2, 0.25) is 0 Å². The van der Waals surface area contributed by atoms with Gasteiger partial charge < -0.3 is 0 Å². The van der Waals surface area contributed by atoms with Gasteiger partial charge in [-0.1, -0.05) is 61.9 Å². The number of carbonyl (C=O) groups is 1. The van der Waals surface area contributed by atoms with E-state index in [-0.39, 0.29) is 29.2 Å². The first kappa shape index (κ1) is 24.2. The Balaban J connectivity index is 1.63. The van der Waals surface area contributed by atoms with Gasteiger partial charge in [-0.15, -0.1) is 6.58 Å². The summed E-state index contributed by atoms with van der Waals surface area (Å²) < 4.78 is 28.0. The van der Waals surface area contributed by atoms with Gasteiger partial charge in [0.2, 0.25) is 10.0 Å². The molecule has 7 heteroatoms. The number of fused-ring (bicyclic) bond motifs is 1. The Labute approximate surface area is 198 Å². The Morgan fingerprint density at radius 3 is 2.61 bits per heavy atom. The minimum absolute atomic E-state index is 0.0545. The van der Waals surface area contributed by atoms with E-state index in [2.05, 4.69) is 25.9 Å². The van der Waals surface area contributed by atoms with Gasteiger partial charge in [0.1, 0.15) is 6.04 Å². The Morgan fingerprint density at radius 1 is 1.30 bits per heavy atom. The van der Waals surface area contributed by atoms with Crippen molar-refractivity contribution in [1.82, 2.24) is 9.79 Å². The Kier molecular flexibility index (Phi) is 6.35. The summed E-state index contributed by atoms with van der Waals surface area (Å²) in [7, 11) is -3.72. The fraction of sp³-hybridized carbons (Fsp3) is 0.577. The number of allylic oxidation sites excluding steroid dienone is 1. The van der Waals surface area contributed by atoms with E-state index in [0.717, 1.165) is 30.4 Å². The maximum Gasteiger partial charge on any atom is 0.256 e. The number of hydrogen-bond acceptors (Lipinski definition) is 5. The van der Waals surface area contributed by atoms with E-state index in [1.165, 1.54) is 4.31 Å². The standard InChI is InChI=1S/C26H36N2O4S/c1-6-20(14-18(2)3)23(27-32-16-19-10-8-7-9-11-19)24(29)28-22-15-21-12-13-26(22,25(21,4)5)17-33(28,30)31/h6-11,14,20-23,27H,1,12-13,15-17H2,2-5H3/t20-,21+,22+,23-,26+/m0/s1. The highest BCUT2D eigenvalue weighted by Gasteiger charge is 2.72. The summed E-state index contributed by atoms with van der Waals surface area (Å²) >= 11 is 0. The molecule has 1 aromatic carbocycles. The van der Waals surface area contributed by atoms with Gasteiger partial charge in [0.25, 0.3) is 5.91 Å². The maximum absolute atomic E-state index is 13.9. The van der Waals surface area contributed by atoms with Crippen molar-refractivity contribution in [2.75, 3.05) is 5.75 Å². The summed E-state index contributed by atoms with van der Waals surface area (Å²) in [6, 6.07) is 8.48. The lowest BCUT2D eigenvalue weighted by atomic mass is 9.69. The summed E-state index contributed by atoms with van der Waals surface area (Å²) in [4.78, 5) is 19.7. The maximum atomic E-state index is 13.9. The molecule has 1 amide bonds. The van der Waals surface area contributed by atoms with Gasteiger partial charge in [0.15, 0.2) is 0 Å². The second kappa shape index (κ2) is 8.67. The van der Waals surface area contributed by atoms with Crippen molar-refractivity contribution in [1.29, 1.82) is 0 Å². The molecule has 2 saturated carbocycles. The molecule has 3 aliphatic rings. The minimum Gasteiger partial charge on any atom is -0.296 e. The van der Waals surface area contributed by atoms with Crippen molar-refractivity contribution < 1.29 is 18.0 Å². The molecule has 1 aromatic rings. The molecule has 0 unspecified atom stereocenters. The highest BCUT2D eigenvalue weighted by Crippen LogP contribution is 2.70. The normalized spacial score (nSPS) is 30.5. The molecule has 5 atom stereocenters. The first-order chi connectivity index (χ1) is 15.5. The van der Waals surface area contributed by atoms with Crippen LogP contribution in [0.1, 0.15) is 52.5 Å². The van der Waals surface area contributed by atoms with E-state index in [0.29, 0.717) is 5.92 Å². The van der Waals surface area contributed by atoms with Crippen LogP contribution in [0, 0.1) is 22.7 Å². The molecule has 1 spiro atoms. The lowest BCUT2D eigenvalue weighted by molar-refractivity contribution is -0.137. The lowest BCUT2D eigenvalue weighted by Crippen LogP contribution is -2.53. The van der Waals surface area contributed by atoms with Crippen LogP contribution in [0.25, 0.3) is 0 Å². The minimum atomic E-state index is -3.72. The molecule has 1 heterocycles. The van der Waals surface area contributed by atoms with Gasteiger partial charge in [-0.25, -0.2) is 12.7 Å². The van der Waals surface area contributed by atoms with Crippen molar-refractivity contribution in [2.45, 2.75) is 65.6 Å². The third-order valence-electron chi connectivity index (χ3n) is 8.37. The zero-order valence-corrected chi connectivity index (χ0v) is 20.9. The van der Waals surface area contributed by atoms with Crippen LogP contribution in [0.3, 0.4) is 0 Å². The number of carbonyl (C=O) groups excluding carboxylic acids is 1. The van der Waals surface area contributed by atoms with Crippen LogP contribution in [-0.2, 0) is 26.3 Å². The second-order valence-electron chi connectivity index (χ2n) is 10.7. The van der Waals surface area contributed by atoms with Crippen LogP contribution in [-0.4, -0.2) is 36.5 Å². The Morgan fingerprint density at radius 2 is 2.00 bits per heavy atom. The van der Waals surface area contributed by atoms with E-state index in [1.54, 1.807) is 6.08 Å². The molecule has 0 radical (unpaired) electrons. The molecule has 4 rings (SSSR count). The molecule has 2 aliphatic carbocycles. The van der Waals surface area contributed by atoms with E-state index in [9.17, 15) is 13.2 Å². The molecule has 1 aliphatic heterocycles. The number of rotatable bonds is 8. The largest absolute Gasteiger partial charge is 0.296 e. The van der Waals surface area contributed by atoms with E-state index in [4.69, 9.17) is 4.84 Å². The number of hydrogen-bond donors (Lipinski definition) is 1. The van der Waals surface area contributed by atoms with Crippen LogP contribution in [0.4, 0.5) is 0 Å². The predicted octanol–water partition coefficient (Wildman–Crippen LogP) is 4.21. The molecule has 1 N–H and O–H groups in total. The molecular formula is C26H36N2O4S. The summed E-state index contributed by atoms with van der Waals surface area (Å²) in [5.41, 5.74) is 4.43. The summed E-state index contributed by atoms with van der Waals surface area (Å²) in [5, 5.41) is 0. The molecule has 3 fully saturated rings. The van der Waals surface area contributed by atoms with Crippen LogP contribution >= 0.6 is 0 Å². The summed E-state index contributed by atoms with van der Waals surface area (Å²) in [6.07, 6.45) is 6.25. The second-order valence-corrected chi connectivity index (χ2v) is 12.5. The number of nitrogens with zero attached hydrogens (tertiary/aromatic N) is 1. The third-order valence-corrected chi connectivity index (χ3v) is 10.3. The number of sulfonamides is 1. The molecule has 33 heavy (non-hydrogen) atoms. The number of nitrogens with one attached hydrogen (secondary N) is 1. The smallest absolute Gasteiger partial charge is 0.256 e. The van der Waals surface area contributed by atoms with Gasteiger partial charge in [-0.3, -0.25) is 9.63 Å². The average Bonchev–Trinajstić information content (AvgIpc) is 3.23. The highest BCUT2D eigenvalue weighted by molar-refractivity contribution is 7.90. The highest BCUT2D eigenvalue weighted by atomic mass is 32.2. The van der Waals surface area contributed by atoms with Gasteiger partial charge in [0, 0.05) is 11.3 Å². The topological polar surface area (TPSA) is 75.7 Å². The Bertz CT molecular complexity index is 1050. The number of benzene rings is 1. The first-order valence-electron chi connectivity index (χ1n) is 11.8. The van der Waals surface area contributed by atoms with Crippen LogP contribution in [0.5, 0.6) is 0 Å². The molecule has 6 nitrogen and oxygen atoms in total. The molecule has 2 bridgehead atoms. The first-order valence-corrected chi connectivity index (χ1v) is 13.4. The van der Waals surface area contributed by atoms with Gasteiger partial charge in [0.05, 0.1) is 18.4 Å².